The number of para-hydroxylation sites is 8. The van der Waals surface area contributed by atoms with E-state index in [0.717, 1.165) is 118 Å². The van der Waals surface area contributed by atoms with Crippen molar-refractivity contribution in [3.05, 3.63) is 249 Å². The smallest absolute Gasteiger partial charge is 0.152 e. The Morgan fingerprint density at radius 3 is 1.44 bits per heavy atom. The second-order valence-corrected chi connectivity index (χ2v) is 18.2. The van der Waals surface area contributed by atoms with E-state index in [1.165, 1.54) is 10.8 Å². The summed E-state index contributed by atoms with van der Waals surface area (Å²) in [7, 11) is 0. The van der Waals surface area contributed by atoms with Crippen molar-refractivity contribution in [3.63, 3.8) is 0 Å². The molecule has 7 nitrogen and oxygen atoms in total. The Bertz CT molecular complexity index is 4250. The molecule has 2 aliphatic rings. The highest BCUT2D eigenvalue weighted by atomic mass is 16.5. The number of rotatable bonds is 6. The van der Waals surface area contributed by atoms with Crippen LogP contribution in [0.1, 0.15) is 0 Å². The van der Waals surface area contributed by atoms with Gasteiger partial charge in [-0.2, -0.15) is 0 Å². The lowest BCUT2D eigenvalue weighted by molar-refractivity contribution is 0.477. The van der Waals surface area contributed by atoms with Crippen molar-refractivity contribution in [2.45, 2.75) is 0 Å². The number of ether oxygens (including phenoxy) is 2. The molecule has 3 aromatic heterocycles. The maximum absolute atomic E-state index is 6.84. The molecule has 0 N–H and O–H groups in total. The van der Waals surface area contributed by atoms with Gasteiger partial charge in [0.1, 0.15) is 0 Å². The highest BCUT2D eigenvalue weighted by molar-refractivity contribution is 6.11. The van der Waals surface area contributed by atoms with Crippen molar-refractivity contribution in [3.8, 4) is 51.2 Å². The minimum absolute atomic E-state index is 0.791. The van der Waals surface area contributed by atoms with Gasteiger partial charge in [-0.3, -0.25) is 0 Å². The van der Waals surface area contributed by atoms with Gasteiger partial charge in [0, 0.05) is 62.3 Å². The largest absolute Gasteiger partial charge is 0.453 e. The van der Waals surface area contributed by atoms with E-state index < -0.39 is 0 Å². The first-order valence-electron chi connectivity index (χ1n) is 24.0. The molecule has 0 radical (unpaired) electrons. The number of hydrogen-bond acceptors (Lipinski definition) is 4. The van der Waals surface area contributed by atoms with Crippen LogP contribution >= 0.6 is 0 Å². The Labute approximate surface area is 409 Å². The van der Waals surface area contributed by atoms with Crippen LogP contribution < -0.4 is 19.3 Å². The third-order valence-corrected chi connectivity index (χ3v) is 14.2. The molecule has 10 aromatic carbocycles. The van der Waals surface area contributed by atoms with Crippen LogP contribution in [0.4, 0.5) is 34.1 Å². The fourth-order valence-corrected chi connectivity index (χ4v) is 11.0. The van der Waals surface area contributed by atoms with Crippen LogP contribution in [0.15, 0.2) is 249 Å². The van der Waals surface area contributed by atoms with Crippen LogP contribution in [-0.2, 0) is 0 Å². The Balaban J connectivity index is 0.997. The quantitative estimate of drug-likeness (QED) is 0.167. The summed E-state index contributed by atoms with van der Waals surface area (Å²) in [6.07, 6.45) is 4.29. The van der Waals surface area contributed by atoms with Crippen LogP contribution in [0, 0.1) is 0 Å². The Morgan fingerprint density at radius 2 is 0.803 bits per heavy atom. The third-order valence-electron chi connectivity index (χ3n) is 14.2. The van der Waals surface area contributed by atoms with Crippen molar-refractivity contribution in [1.82, 2.24) is 13.7 Å². The zero-order chi connectivity index (χ0) is 46.6. The molecular weight excluding hydrogens is 871 g/mol. The molecule has 0 unspecified atom stereocenters. The molecule has 5 heterocycles. The van der Waals surface area contributed by atoms with E-state index in [1.54, 1.807) is 0 Å². The molecule has 0 fully saturated rings. The molecule has 2 aliphatic heterocycles. The Hall–Kier alpha value is -9.72. The lowest BCUT2D eigenvalue weighted by Gasteiger charge is -2.36. The standard InChI is InChI=1S/C64H41N5O2/c1-4-16-45(17-5-1)65-34-32-43-37-63-59(40-57(43)65)68(55-24-12-14-26-61(55)70-63)48-29-31-53(50(39-48)42-28-30-54-51(36-42)49-22-10-11-23-52(49)67(54)47-20-8-3-9-21-47)69-56-25-13-15-27-62(56)71-64-38-44-33-35-66(58(44)41-60(64)69)46-18-6-2-7-19-46/h1-41H. The first kappa shape index (κ1) is 39.3. The van der Waals surface area contributed by atoms with Crippen molar-refractivity contribution < 1.29 is 9.47 Å². The summed E-state index contributed by atoms with van der Waals surface area (Å²) in [5.74, 6) is 3.17. The van der Waals surface area contributed by atoms with Crippen molar-refractivity contribution >= 4 is 77.7 Å². The SMILES string of the molecule is c1ccc(-n2ccc3cc4c(cc32)N(c2ccc(N3c5ccccc5Oc5cc6ccn(-c7ccccc7)c6cc53)c(-c3ccc5c(c3)c3ccccc3n5-c3ccccc3)c2)c2ccccc2O4)cc1. The highest BCUT2D eigenvalue weighted by Gasteiger charge is 2.32. The van der Waals surface area contributed by atoms with Crippen LogP contribution in [0.3, 0.4) is 0 Å². The van der Waals surface area contributed by atoms with Crippen LogP contribution in [0.25, 0.3) is 71.8 Å². The van der Waals surface area contributed by atoms with E-state index in [1.807, 2.05) is 12.1 Å². The fraction of sp³-hybridized carbons (Fsp3) is 0. The summed E-state index contributed by atoms with van der Waals surface area (Å²) in [4.78, 5) is 4.75. The molecule has 0 amide bonds. The summed E-state index contributed by atoms with van der Waals surface area (Å²) < 4.78 is 20.5. The van der Waals surface area contributed by atoms with E-state index >= 15 is 0 Å². The predicted octanol–water partition coefficient (Wildman–Crippen LogP) is 17.5. The molecule has 71 heavy (non-hydrogen) atoms. The maximum atomic E-state index is 6.84. The van der Waals surface area contributed by atoms with E-state index in [-0.39, 0.29) is 0 Å². The number of nitrogens with zero attached hydrogens (tertiary/aromatic N) is 5. The fourth-order valence-electron chi connectivity index (χ4n) is 11.0. The van der Waals surface area contributed by atoms with Crippen LogP contribution in [0.5, 0.6) is 23.0 Å². The Kier molecular flexibility index (Phi) is 8.52. The van der Waals surface area contributed by atoms with Crippen molar-refractivity contribution in [1.29, 1.82) is 0 Å². The van der Waals surface area contributed by atoms with Crippen LogP contribution in [0.2, 0.25) is 0 Å². The Morgan fingerprint density at radius 1 is 0.282 bits per heavy atom. The lowest BCUT2D eigenvalue weighted by Crippen LogP contribution is -2.18. The summed E-state index contributed by atoms with van der Waals surface area (Å²) in [5.41, 5.74) is 15.8. The van der Waals surface area contributed by atoms with E-state index in [4.69, 9.17) is 9.47 Å². The molecule has 0 aliphatic carbocycles. The lowest BCUT2D eigenvalue weighted by atomic mass is 9.97. The van der Waals surface area contributed by atoms with E-state index in [0.29, 0.717) is 0 Å². The van der Waals surface area contributed by atoms with E-state index in [9.17, 15) is 0 Å². The van der Waals surface area contributed by atoms with Gasteiger partial charge in [-0.15, -0.1) is 0 Å². The summed E-state index contributed by atoms with van der Waals surface area (Å²) in [6.45, 7) is 0. The number of hydrogen-bond donors (Lipinski definition) is 0. The monoisotopic (exact) mass is 911 g/mol. The molecule has 0 atom stereocenters. The van der Waals surface area contributed by atoms with Crippen LogP contribution in [-0.4, -0.2) is 13.7 Å². The normalized spacial score (nSPS) is 12.7. The van der Waals surface area contributed by atoms with Gasteiger partial charge in [0.2, 0.25) is 0 Å². The van der Waals surface area contributed by atoms with Gasteiger partial charge < -0.3 is 33.0 Å². The topological polar surface area (TPSA) is 39.7 Å². The van der Waals surface area contributed by atoms with Gasteiger partial charge in [-0.1, -0.05) is 103 Å². The molecule has 0 bridgehead atoms. The zero-order valence-electron chi connectivity index (χ0n) is 38.2. The van der Waals surface area contributed by atoms with Gasteiger partial charge in [-0.05, 0) is 139 Å². The van der Waals surface area contributed by atoms with Gasteiger partial charge in [0.25, 0.3) is 0 Å². The maximum Gasteiger partial charge on any atom is 0.152 e. The second-order valence-electron chi connectivity index (χ2n) is 18.2. The molecule has 7 heteroatoms. The molecular formula is C64H41N5O2. The van der Waals surface area contributed by atoms with Crippen molar-refractivity contribution in [2.24, 2.45) is 0 Å². The molecule has 0 saturated heterocycles. The van der Waals surface area contributed by atoms with Gasteiger partial charge >= 0.3 is 0 Å². The predicted molar refractivity (Wildman–Crippen MR) is 289 cm³/mol. The molecule has 334 valence electrons. The second kappa shape index (κ2) is 15.4. The summed E-state index contributed by atoms with van der Waals surface area (Å²) >= 11 is 0. The third kappa shape index (κ3) is 6.10. The van der Waals surface area contributed by atoms with Gasteiger partial charge in [-0.25, -0.2) is 0 Å². The summed E-state index contributed by atoms with van der Waals surface area (Å²) in [5, 5.41) is 4.57. The van der Waals surface area contributed by atoms with Gasteiger partial charge in [0.15, 0.2) is 23.0 Å². The number of aromatic nitrogens is 3. The minimum Gasteiger partial charge on any atom is -0.453 e. The zero-order valence-corrected chi connectivity index (χ0v) is 38.2. The molecule has 0 saturated carbocycles. The molecule has 13 aromatic rings. The number of anilines is 6. The first-order chi connectivity index (χ1) is 35.2. The first-order valence-corrected chi connectivity index (χ1v) is 24.0. The average molecular weight is 912 g/mol. The van der Waals surface area contributed by atoms with E-state index in [2.05, 4.69) is 260 Å². The van der Waals surface area contributed by atoms with Crippen molar-refractivity contribution in [2.75, 3.05) is 9.80 Å². The molecule has 15 rings (SSSR count). The highest BCUT2D eigenvalue weighted by Crippen LogP contribution is 2.57. The van der Waals surface area contributed by atoms with Gasteiger partial charge in [0.05, 0.1) is 50.5 Å². The summed E-state index contributed by atoms with van der Waals surface area (Å²) in [6, 6.07) is 84.3. The minimum atomic E-state index is 0.791. The molecule has 0 spiro atoms. The number of fused-ring (bicyclic) bond motifs is 9. The average Bonchev–Trinajstić information content (AvgIpc) is 4.14. The number of benzene rings is 10.